The Hall–Kier alpha value is -2.55. The second-order valence-electron chi connectivity index (χ2n) is 6.85. The number of benzene rings is 2. The fourth-order valence-electron chi connectivity index (χ4n) is 3.58. The molecule has 0 amide bonds. The molecule has 1 fully saturated rings. The van der Waals surface area contributed by atoms with Crippen LogP contribution in [0.2, 0.25) is 0 Å². The van der Waals surface area contributed by atoms with Crippen molar-refractivity contribution in [2.45, 2.75) is 13.1 Å². The third-order valence-corrected chi connectivity index (χ3v) is 5.10. The van der Waals surface area contributed by atoms with Crippen LogP contribution >= 0.6 is 0 Å². The summed E-state index contributed by atoms with van der Waals surface area (Å²) in [6.07, 6.45) is 0. The highest BCUT2D eigenvalue weighted by Gasteiger charge is 2.23. The molecule has 5 nitrogen and oxygen atoms in total. The van der Waals surface area contributed by atoms with E-state index < -0.39 is 0 Å². The fourth-order valence-corrected chi connectivity index (χ4v) is 3.58. The molecule has 0 atom stereocenters. The molecule has 5 heteroatoms. The lowest BCUT2D eigenvalue weighted by atomic mass is 10.1. The zero-order chi connectivity index (χ0) is 18.4. The van der Waals surface area contributed by atoms with Gasteiger partial charge in [-0.05, 0) is 30.3 Å². The summed E-state index contributed by atoms with van der Waals surface area (Å²) in [6.45, 7) is 6.73. The van der Waals surface area contributed by atoms with Crippen molar-refractivity contribution in [3.8, 4) is 17.6 Å². The van der Waals surface area contributed by atoms with E-state index in [2.05, 4.69) is 30.3 Å². The topological polar surface area (TPSA) is 51.1 Å². The Balaban J connectivity index is 1.51. The average molecular weight is 353 g/mol. The Bertz CT molecular complexity index is 760. The molecule has 2 aromatic rings. The maximum absolute atomic E-state index is 8.89. The largest absolute Gasteiger partial charge is 0.493 e. The minimum absolute atomic E-state index is 0.730. The van der Waals surface area contributed by atoms with Crippen LogP contribution in [-0.4, -0.2) is 40.4 Å². The second-order valence-corrected chi connectivity index (χ2v) is 6.85. The highest BCUT2D eigenvalue weighted by atomic mass is 16.5. The number of nitrogens with one attached hydrogen (secondary N) is 2. The summed E-state index contributed by atoms with van der Waals surface area (Å²) in [5, 5.41) is 8.89. The summed E-state index contributed by atoms with van der Waals surface area (Å²) in [5.41, 5.74) is 3.32. The van der Waals surface area contributed by atoms with E-state index in [1.54, 1.807) is 24.0 Å². The van der Waals surface area contributed by atoms with Gasteiger partial charge < -0.3 is 19.3 Å². The van der Waals surface area contributed by atoms with Crippen molar-refractivity contribution in [2.75, 3.05) is 40.4 Å². The van der Waals surface area contributed by atoms with Crippen LogP contribution in [0.25, 0.3) is 0 Å². The first-order chi connectivity index (χ1) is 12.7. The van der Waals surface area contributed by atoms with Gasteiger partial charge in [-0.1, -0.05) is 12.1 Å². The molecule has 1 aliphatic rings. The number of hydrogen-bond acceptors (Lipinski definition) is 3. The minimum atomic E-state index is 0.730. The molecule has 2 aromatic carbocycles. The molecule has 1 heterocycles. The van der Waals surface area contributed by atoms with Crippen LogP contribution in [0.3, 0.4) is 0 Å². The summed E-state index contributed by atoms with van der Waals surface area (Å²) >= 11 is 0. The van der Waals surface area contributed by atoms with Crippen LogP contribution in [-0.2, 0) is 13.1 Å². The molecule has 0 aliphatic carbocycles. The van der Waals surface area contributed by atoms with Crippen molar-refractivity contribution in [1.82, 2.24) is 0 Å². The standard InChI is InChI=1S/C21H25N3O2/c1-25-20-8-7-19(13-21(20)26-2)16-24-11-9-23(10-12-24)15-18-5-3-17(14-22)4-6-18/h3-8,13H,9-12,15-16H2,1-2H3/p+2. The molecular formula is C21H27N3O2+2. The third-order valence-electron chi connectivity index (χ3n) is 5.10. The number of piperazine rings is 1. The van der Waals surface area contributed by atoms with E-state index in [9.17, 15) is 0 Å². The number of nitrogens with zero attached hydrogens (tertiary/aromatic N) is 1. The molecule has 2 N–H and O–H groups in total. The lowest BCUT2D eigenvalue weighted by Crippen LogP contribution is -3.27. The van der Waals surface area contributed by atoms with Gasteiger partial charge in [-0.2, -0.15) is 5.26 Å². The average Bonchev–Trinajstić information content (AvgIpc) is 2.70. The zero-order valence-corrected chi connectivity index (χ0v) is 15.5. The molecule has 0 saturated carbocycles. The summed E-state index contributed by atoms with van der Waals surface area (Å²) in [7, 11) is 3.35. The monoisotopic (exact) mass is 353 g/mol. The van der Waals surface area contributed by atoms with Gasteiger partial charge in [0.05, 0.1) is 25.9 Å². The molecule has 1 aliphatic heterocycles. The van der Waals surface area contributed by atoms with E-state index in [0.29, 0.717) is 0 Å². The van der Waals surface area contributed by atoms with Gasteiger partial charge >= 0.3 is 0 Å². The van der Waals surface area contributed by atoms with Gasteiger partial charge in [-0.15, -0.1) is 0 Å². The summed E-state index contributed by atoms with van der Waals surface area (Å²) in [6, 6.07) is 16.4. The number of quaternary nitrogens is 2. The number of nitriles is 1. The van der Waals surface area contributed by atoms with Gasteiger partial charge in [0.15, 0.2) is 11.5 Å². The molecule has 0 unspecified atom stereocenters. The second kappa shape index (κ2) is 8.70. The number of rotatable bonds is 6. The van der Waals surface area contributed by atoms with Crippen molar-refractivity contribution in [3.63, 3.8) is 0 Å². The first-order valence-corrected chi connectivity index (χ1v) is 9.09. The van der Waals surface area contributed by atoms with E-state index in [0.717, 1.165) is 30.2 Å². The summed E-state index contributed by atoms with van der Waals surface area (Å²) in [5.74, 6) is 1.58. The highest BCUT2D eigenvalue weighted by molar-refractivity contribution is 5.42. The SMILES string of the molecule is COc1ccc(C[NH+]2CC[NH+](Cc3ccc(C#N)cc3)CC2)cc1OC. The molecular weight excluding hydrogens is 326 g/mol. The Labute approximate surface area is 155 Å². The maximum Gasteiger partial charge on any atom is 0.161 e. The van der Waals surface area contributed by atoms with E-state index in [1.807, 2.05) is 18.2 Å². The van der Waals surface area contributed by atoms with Gasteiger partial charge in [-0.3, -0.25) is 0 Å². The Morgan fingerprint density at radius 2 is 1.35 bits per heavy atom. The first kappa shape index (κ1) is 18.2. The molecule has 1 saturated heterocycles. The normalized spacial score (nSPS) is 19.6. The first-order valence-electron chi connectivity index (χ1n) is 9.09. The minimum Gasteiger partial charge on any atom is -0.493 e. The molecule has 26 heavy (non-hydrogen) atoms. The van der Waals surface area contributed by atoms with Crippen molar-refractivity contribution in [1.29, 1.82) is 5.26 Å². The molecule has 0 aromatic heterocycles. The Kier molecular flexibility index (Phi) is 6.11. The van der Waals surface area contributed by atoms with Crippen LogP contribution in [0.15, 0.2) is 42.5 Å². The Morgan fingerprint density at radius 3 is 1.88 bits per heavy atom. The zero-order valence-electron chi connectivity index (χ0n) is 15.5. The van der Waals surface area contributed by atoms with Crippen molar-refractivity contribution in [2.24, 2.45) is 0 Å². The fraction of sp³-hybridized carbons (Fsp3) is 0.381. The van der Waals surface area contributed by atoms with Gasteiger partial charge in [0.1, 0.15) is 39.3 Å². The number of methoxy groups -OCH3 is 2. The highest BCUT2D eigenvalue weighted by Crippen LogP contribution is 2.27. The van der Waals surface area contributed by atoms with Crippen LogP contribution in [0, 0.1) is 11.3 Å². The van der Waals surface area contributed by atoms with E-state index in [4.69, 9.17) is 14.7 Å². The van der Waals surface area contributed by atoms with Crippen LogP contribution in [0.4, 0.5) is 0 Å². The predicted octanol–water partition coefficient (Wildman–Crippen LogP) is 0.0591. The number of hydrogen-bond donors (Lipinski definition) is 2. The van der Waals surface area contributed by atoms with Gasteiger partial charge in [0.25, 0.3) is 0 Å². The molecule has 136 valence electrons. The maximum atomic E-state index is 8.89. The molecule has 0 bridgehead atoms. The summed E-state index contributed by atoms with van der Waals surface area (Å²) < 4.78 is 10.7. The van der Waals surface area contributed by atoms with E-state index >= 15 is 0 Å². The molecule has 0 radical (unpaired) electrons. The van der Waals surface area contributed by atoms with Crippen molar-refractivity contribution < 1.29 is 19.3 Å². The third kappa shape index (κ3) is 4.54. The van der Waals surface area contributed by atoms with Crippen LogP contribution in [0.5, 0.6) is 11.5 Å². The smallest absolute Gasteiger partial charge is 0.161 e. The lowest BCUT2D eigenvalue weighted by molar-refractivity contribution is -1.02. The quantitative estimate of drug-likeness (QED) is 0.772. The lowest BCUT2D eigenvalue weighted by Gasteiger charge is -2.30. The predicted molar refractivity (Wildman–Crippen MR) is 99.5 cm³/mol. The molecule has 0 spiro atoms. The molecule has 3 rings (SSSR count). The van der Waals surface area contributed by atoms with Crippen molar-refractivity contribution in [3.05, 3.63) is 59.2 Å². The van der Waals surface area contributed by atoms with Gasteiger partial charge in [0.2, 0.25) is 0 Å². The van der Waals surface area contributed by atoms with Crippen LogP contribution < -0.4 is 19.3 Å². The summed E-state index contributed by atoms with van der Waals surface area (Å²) in [4.78, 5) is 3.23. The van der Waals surface area contributed by atoms with E-state index in [-0.39, 0.29) is 0 Å². The van der Waals surface area contributed by atoms with Gasteiger partial charge in [0, 0.05) is 11.1 Å². The van der Waals surface area contributed by atoms with Crippen LogP contribution in [0.1, 0.15) is 16.7 Å². The Morgan fingerprint density at radius 1 is 0.808 bits per heavy atom. The number of ether oxygens (including phenoxy) is 2. The van der Waals surface area contributed by atoms with E-state index in [1.165, 1.54) is 37.3 Å². The van der Waals surface area contributed by atoms with Gasteiger partial charge in [-0.25, -0.2) is 0 Å². The van der Waals surface area contributed by atoms with Crippen molar-refractivity contribution >= 4 is 0 Å².